The molecule has 0 radical (unpaired) electrons. The number of rotatable bonds is 3. The molecule has 0 unspecified atom stereocenters. The summed E-state index contributed by atoms with van der Waals surface area (Å²) in [6.45, 7) is 3.65. The molecule has 0 atom stereocenters. The Labute approximate surface area is 60.3 Å². The molecule has 0 fully saturated rings. The van der Waals surface area contributed by atoms with E-state index in [9.17, 15) is 0 Å². The lowest BCUT2D eigenvalue weighted by molar-refractivity contribution is 1.41. The summed E-state index contributed by atoms with van der Waals surface area (Å²) < 4.78 is 0. The van der Waals surface area contributed by atoms with E-state index in [4.69, 9.17) is 0 Å². The molecule has 1 aliphatic carbocycles. The van der Waals surface area contributed by atoms with Crippen molar-refractivity contribution < 1.29 is 0 Å². The second kappa shape index (κ2) is 3.57. The number of thioether (sulfide) groups is 1. The third kappa shape index (κ3) is 2.10. The van der Waals surface area contributed by atoms with Gasteiger partial charge in [0.1, 0.15) is 0 Å². The SMILES string of the molecule is C=CCSC1=CC=CC1. The summed E-state index contributed by atoms with van der Waals surface area (Å²) >= 11 is 1.86. The minimum Gasteiger partial charge on any atom is -0.126 e. The summed E-state index contributed by atoms with van der Waals surface area (Å²) in [5, 5.41) is 0. The van der Waals surface area contributed by atoms with Gasteiger partial charge in [0.2, 0.25) is 0 Å². The van der Waals surface area contributed by atoms with Crippen LogP contribution in [0.25, 0.3) is 0 Å². The first-order chi connectivity index (χ1) is 4.43. The molecule has 0 saturated carbocycles. The van der Waals surface area contributed by atoms with E-state index < -0.39 is 0 Å². The second-order valence-electron chi connectivity index (χ2n) is 1.86. The Hall–Kier alpha value is -0.430. The fourth-order valence-corrected chi connectivity index (χ4v) is 1.42. The van der Waals surface area contributed by atoms with Crippen LogP contribution < -0.4 is 0 Å². The van der Waals surface area contributed by atoms with E-state index in [0.717, 1.165) is 12.2 Å². The van der Waals surface area contributed by atoms with Crippen LogP contribution in [0.1, 0.15) is 6.42 Å². The highest BCUT2D eigenvalue weighted by molar-refractivity contribution is 8.03. The topological polar surface area (TPSA) is 0 Å². The molecule has 0 amide bonds. The van der Waals surface area contributed by atoms with Crippen LogP contribution in [0.5, 0.6) is 0 Å². The van der Waals surface area contributed by atoms with Crippen LogP contribution in [-0.4, -0.2) is 5.75 Å². The van der Waals surface area contributed by atoms with Gasteiger partial charge in [0.05, 0.1) is 0 Å². The van der Waals surface area contributed by atoms with Gasteiger partial charge < -0.3 is 0 Å². The standard InChI is InChI=1S/C8H10S/c1-2-7-9-8-5-3-4-6-8/h2-5H,1,6-7H2. The second-order valence-corrected chi connectivity index (χ2v) is 3.01. The van der Waals surface area contributed by atoms with Crippen LogP contribution in [0.4, 0.5) is 0 Å². The zero-order valence-corrected chi connectivity index (χ0v) is 6.16. The Kier molecular flexibility index (Phi) is 2.65. The number of hydrogen-bond donors (Lipinski definition) is 0. The van der Waals surface area contributed by atoms with E-state index in [-0.39, 0.29) is 0 Å². The van der Waals surface area contributed by atoms with Gasteiger partial charge in [-0.15, -0.1) is 18.3 Å². The summed E-state index contributed by atoms with van der Waals surface area (Å²) in [6, 6.07) is 0. The lowest BCUT2D eigenvalue weighted by atomic mass is 10.5. The Morgan fingerprint density at radius 3 is 3.22 bits per heavy atom. The first-order valence-electron chi connectivity index (χ1n) is 3.03. The minimum atomic E-state index is 1.04. The summed E-state index contributed by atoms with van der Waals surface area (Å²) in [7, 11) is 0. The molecule has 0 spiro atoms. The van der Waals surface area contributed by atoms with Gasteiger partial charge in [0.25, 0.3) is 0 Å². The molecule has 0 bridgehead atoms. The quantitative estimate of drug-likeness (QED) is 0.540. The van der Waals surface area contributed by atoms with Gasteiger partial charge in [0.15, 0.2) is 0 Å². The van der Waals surface area contributed by atoms with Crippen molar-refractivity contribution >= 4 is 11.8 Å². The molecule has 1 heteroatoms. The smallest absolute Gasteiger partial charge is 0.0155 e. The molecule has 48 valence electrons. The maximum Gasteiger partial charge on any atom is 0.0155 e. The van der Waals surface area contributed by atoms with E-state index in [1.165, 1.54) is 4.91 Å². The summed E-state index contributed by atoms with van der Waals surface area (Å²) in [6.07, 6.45) is 9.49. The van der Waals surface area contributed by atoms with Crippen LogP contribution >= 0.6 is 11.8 Å². The van der Waals surface area contributed by atoms with E-state index >= 15 is 0 Å². The normalized spacial score (nSPS) is 15.8. The summed E-state index contributed by atoms with van der Waals surface area (Å²) in [4.78, 5) is 1.45. The molecule has 0 aromatic heterocycles. The van der Waals surface area contributed by atoms with Gasteiger partial charge in [-0.1, -0.05) is 24.3 Å². The summed E-state index contributed by atoms with van der Waals surface area (Å²) in [5.74, 6) is 1.04. The Morgan fingerprint density at radius 2 is 2.67 bits per heavy atom. The fourth-order valence-electron chi connectivity index (χ4n) is 0.701. The molecule has 0 aromatic rings. The van der Waals surface area contributed by atoms with Gasteiger partial charge in [-0.3, -0.25) is 0 Å². The van der Waals surface area contributed by atoms with Crippen molar-refractivity contribution in [2.24, 2.45) is 0 Å². The van der Waals surface area contributed by atoms with Crippen molar-refractivity contribution in [3.05, 3.63) is 35.8 Å². The van der Waals surface area contributed by atoms with Gasteiger partial charge in [-0.2, -0.15) is 0 Å². The zero-order valence-electron chi connectivity index (χ0n) is 5.34. The first kappa shape index (κ1) is 6.69. The highest BCUT2D eigenvalue weighted by Gasteiger charge is 1.96. The van der Waals surface area contributed by atoms with Crippen LogP contribution in [0.2, 0.25) is 0 Å². The molecule has 0 aliphatic heterocycles. The van der Waals surface area contributed by atoms with Crippen molar-refractivity contribution in [2.75, 3.05) is 5.75 Å². The molecule has 9 heavy (non-hydrogen) atoms. The molecule has 1 rings (SSSR count). The average Bonchev–Trinajstić information content (AvgIpc) is 2.34. The highest BCUT2D eigenvalue weighted by Crippen LogP contribution is 2.23. The minimum absolute atomic E-state index is 1.04. The average molecular weight is 138 g/mol. The zero-order chi connectivity index (χ0) is 6.53. The van der Waals surface area contributed by atoms with Crippen LogP contribution in [0.3, 0.4) is 0 Å². The molecule has 0 saturated heterocycles. The van der Waals surface area contributed by atoms with E-state index in [0.29, 0.717) is 0 Å². The Morgan fingerprint density at radius 1 is 1.78 bits per heavy atom. The number of allylic oxidation sites excluding steroid dienone is 4. The predicted molar refractivity (Wildman–Crippen MR) is 44.5 cm³/mol. The third-order valence-corrected chi connectivity index (χ3v) is 2.20. The molecular formula is C8H10S. The Bertz CT molecular complexity index is 154. The monoisotopic (exact) mass is 138 g/mol. The van der Waals surface area contributed by atoms with Crippen molar-refractivity contribution in [2.45, 2.75) is 6.42 Å². The van der Waals surface area contributed by atoms with Crippen LogP contribution in [0.15, 0.2) is 35.8 Å². The molecule has 0 nitrogen and oxygen atoms in total. The molecule has 0 aromatic carbocycles. The molecule has 1 aliphatic rings. The lowest BCUT2D eigenvalue weighted by Gasteiger charge is -1.94. The van der Waals surface area contributed by atoms with Crippen molar-refractivity contribution in [3.8, 4) is 0 Å². The van der Waals surface area contributed by atoms with Crippen LogP contribution in [-0.2, 0) is 0 Å². The summed E-state index contributed by atoms with van der Waals surface area (Å²) in [5.41, 5.74) is 0. The van der Waals surface area contributed by atoms with E-state index in [1.54, 1.807) is 0 Å². The number of hydrogen-bond acceptors (Lipinski definition) is 1. The molecule has 0 heterocycles. The predicted octanol–water partition coefficient (Wildman–Crippen LogP) is 2.75. The largest absolute Gasteiger partial charge is 0.126 e. The van der Waals surface area contributed by atoms with Gasteiger partial charge >= 0.3 is 0 Å². The highest BCUT2D eigenvalue weighted by atomic mass is 32.2. The lowest BCUT2D eigenvalue weighted by Crippen LogP contribution is -1.71. The van der Waals surface area contributed by atoms with Gasteiger partial charge in [0, 0.05) is 5.75 Å². The van der Waals surface area contributed by atoms with Gasteiger partial charge in [-0.25, -0.2) is 0 Å². The van der Waals surface area contributed by atoms with E-state index in [2.05, 4.69) is 24.8 Å². The van der Waals surface area contributed by atoms with Crippen molar-refractivity contribution in [1.29, 1.82) is 0 Å². The maximum absolute atomic E-state index is 3.65. The maximum atomic E-state index is 3.65. The first-order valence-corrected chi connectivity index (χ1v) is 4.01. The van der Waals surface area contributed by atoms with E-state index in [1.807, 2.05) is 17.8 Å². The third-order valence-electron chi connectivity index (χ3n) is 1.12. The van der Waals surface area contributed by atoms with Crippen molar-refractivity contribution in [3.63, 3.8) is 0 Å². The fraction of sp³-hybridized carbons (Fsp3) is 0.250. The van der Waals surface area contributed by atoms with Crippen LogP contribution in [0, 0.1) is 0 Å². The van der Waals surface area contributed by atoms with Crippen molar-refractivity contribution in [1.82, 2.24) is 0 Å². The molecule has 0 N–H and O–H groups in total. The molecular weight excluding hydrogens is 128 g/mol. The Balaban J connectivity index is 2.21. The van der Waals surface area contributed by atoms with Gasteiger partial charge in [-0.05, 0) is 11.3 Å².